The summed E-state index contributed by atoms with van der Waals surface area (Å²) in [5, 5.41) is 6.27. The third-order valence-electron chi connectivity index (χ3n) is 4.34. The number of hydrogen-bond acceptors (Lipinski definition) is 3. The maximum atomic E-state index is 11.7. The number of nitrogens with zero attached hydrogens (tertiary/aromatic N) is 2. The highest BCUT2D eigenvalue weighted by molar-refractivity contribution is 5.90. The Morgan fingerprint density at radius 3 is 2.50 bits per heavy atom. The zero-order valence-corrected chi connectivity index (χ0v) is 17.2. The molecule has 1 amide bonds. The molecule has 0 spiro atoms. The summed E-state index contributed by atoms with van der Waals surface area (Å²) in [7, 11) is 5.45. The molecular weight excluding hydrogens is 352 g/mol. The number of para-hydroxylation sites is 1. The van der Waals surface area contributed by atoms with Crippen LogP contribution in [0.15, 0.2) is 53.5 Å². The molecule has 28 heavy (non-hydrogen) atoms. The minimum atomic E-state index is 0.0479. The molecule has 0 bridgehead atoms. The summed E-state index contributed by atoms with van der Waals surface area (Å²) in [5.74, 6) is 1.71. The van der Waals surface area contributed by atoms with Gasteiger partial charge >= 0.3 is 0 Å². The highest BCUT2D eigenvalue weighted by atomic mass is 16.5. The van der Waals surface area contributed by atoms with Crippen molar-refractivity contribution < 1.29 is 9.53 Å². The SMILES string of the molecule is CCCC(=O)Nc1ccc(CNC(=NC)N(C)Cc2ccccc2OC)cc1. The van der Waals surface area contributed by atoms with Crippen LogP contribution in [-0.4, -0.2) is 38.0 Å². The first-order chi connectivity index (χ1) is 13.6. The standard InChI is InChI=1S/C22H30N4O2/c1-5-8-21(27)25-19-13-11-17(12-14-19)15-24-22(23-2)26(3)16-18-9-6-7-10-20(18)28-4/h6-7,9-14H,5,8,15-16H2,1-4H3,(H,23,24)(H,25,27). The number of amides is 1. The maximum absolute atomic E-state index is 11.7. The topological polar surface area (TPSA) is 66.0 Å². The van der Waals surface area contributed by atoms with Crippen molar-refractivity contribution in [3.63, 3.8) is 0 Å². The summed E-state index contributed by atoms with van der Waals surface area (Å²) in [5.41, 5.74) is 3.03. The molecule has 0 fully saturated rings. The fraction of sp³-hybridized carbons (Fsp3) is 0.364. The van der Waals surface area contributed by atoms with Crippen LogP contribution in [0.4, 0.5) is 5.69 Å². The summed E-state index contributed by atoms with van der Waals surface area (Å²) in [4.78, 5) is 18.1. The molecule has 0 aliphatic heterocycles. The first kappa shape index (κ1) is 21.3. The van der Waals surface area contributed by atoms with Gasteiger partial charge in [-0.3, -0.25) is 9.79 Å². The summed E-state index contributed by atoms with van der Waals surface area (Å²) in [6, 6.07) is 15.8. The van der Waals surface area contributed by atoms with Gasteiger partial charge in [0.15, 0.2) is 5.96 Å². The smallest absolute Gasteiger partial charge is 0.224 e. The average molecular weight is 383 g/mol. The number of ether oxygens (including phenoxy) is 1. The molecule has 0 aromatic heterocycles. The van der Waals surface area contributed by atoms with Gasteiger partial charge in [0.2, 0.25) is 5.91 Å². The number of methoxy groups -OCH3 is 1. The number of carbonyl (C=O) groups is 1. The Morgan fingerprint density at radius 1 is 1.14 bits per heavy atom. The van der Waals surface area contributed by atoms with Crippen molar-refractivity contribution in [2.24, 2.45) is 4.99 Å². The molecule has 2 aromatic rings. The van der Waals surface area contributed by atoms with E-state index in [1.54, 1.807) is 14.2 Å². The van der Waals surface area contributed by atoms with Crippen LogP contribution in [0.5, 0.6) is 5.75 Å². The lowest BCUT2D eigenvalue weighted by Crippen LogP contribution is -2.38. The van der Waals surface area contributed by atoms with Gasteiger partial charge in [-0.2, -0.15) is 0 Å². The number of rotatable bonds is 8. The molecule has 6 nitrogen and oxygen atoms in total. The second-order valence-corrected chi connectivity index (χ2v) is 6.56. The van der Waals surface area contributed by atoms with Crippen LogP contribution in [-0.2, 0) is 17.9 Å². The summed E-state index contributed by atoms with van der Waals surface area (Å²) in [6.45, 7) is 3.32. The van der Waals surface area contributed by atoms with Crippen molar-refractivity contribution in [1.82, 2.24) is 10.2 Å². The lowest BCUT2D eigenvalue weighted by atomic mass is 10.2. The lowest BCUT2D eigenvalue weighted by molar-refractivity contribution is -0.116. The number of carbonyl (C=O) groups excluding carboxylic acids is 1. The van der Waals surface area contributed by atoms with E-state index < -0.39 is 0 Å². The molecule has 0 radical (unpaired) electrons. The Bertz CT molecular complexity index is 787. The van der Waals surface area contributed by atoms with Crippen LogP contribution in [0.1, 0.15) is 30.9 Å². The van der Waals surface area contributed by atoms with Crippen molar-refractivity contribution >= 4 is 17.6 Å². The van der Waals surface area contributed by atoms with Gasteiger partial charge in [-0.15, -0.1) is 0 Å². The van der Waals surface area contributed by atoms with Crippen molar-refractivity contribution in [3.05, 3.63) is 59.7 Å². The maximum Gasteiger partial charge on any atom is 0.224 e. The Hall–Kier alpha value is -3.02. The molecule has 0 aliphatic carbocycles. The molecular formula is C22H30N4O2. The number of aliphatic imine (C=N–C) groups is 1. The van der Waals surface area contributed by atoms with E-state index in [1.807, 2.05) is 62.5 Å². The molecule has 2 rings (SSSR count). The summed E-state index contributed by atoms with van der Waals surface area (Å²) >= 11 is 0. The van der Waals surface area contributed by atoms with Crippen molar-refractivity contribution in [3.8, 4) is 5.75 Å². The van der Waals surface area contributed by atoms with Crippen LogP contribution in [0.3, 0.4) is 0 Å². The number of hydrogen-bond donors (Lipinski definition) is 2. The fourth-order valence-corrected chi connectivity index (χ4v) is 2.89. The van der Waals surface area contributed by atoms with Crippen LogP contribution in [0.25, 0.3) is 0 Å². The number of guanidine groups is 1. The first-order valence-electron chi connectivity index (χ1n) is 9.49. The van der Waals surface area contributed by atoms with E-state index in [0.717, 1.165) is 34.9 Å². The third kappa shape index (κ3) is 6.30. The number of nitrogens with one attached hydrogen (secondary N) is 2. The van der Waals surface area contributed by atoms with E-state index in [9.17, 15) is 4.79 Å². The Labute approximate surface area is 167 Å². The van der Waals surface area contributed by atoms with Crippen LogP contribution in [0.2, 0.25) is 0 Å². The van der Waals surface area contributed by atoms with Gasteiger partial charge in [-0.05, 0) is 30.2 Å². The molecule has 150 valence electrons. The van der Waals surface area contributed by atoms with Crippen molar-refractivity contribution in [2.45, 2.75) is 32.9 Å². The van der Waals surface area contributed by atoms with Gasteiger partial charge in [-0.1, -0.05) is 37.3 Å². The highest BCUT2D eigenvalue weighted by Gasteiger charge is 2.10. The fourth-order valence-electron chi connectivity index (χ4n) is 2.89. The van der Waals surface area contributed by atoms with Crippen molar-refractivity contribution in [1.29, 1.82) is 0 Å². The lowest BCUT2D eigenvalue weighted by Gasteiger charge is -2.23. The zero-order valence-electron chi connectivity index (χ0n) is 17.2. The Balaban J connectivity index is 1.91. The van der Waals surface area contributed by atoms with E-state index in [0.29, 0.717) is 19.5 Å². The van der Waals surface area contributed by atoms with E-state index in [-0.39, 0.29) is 5.91 Å². The van der Waals surface area contributed by atoms with Gasteiger partial charge < -0.3 is 20.3 Å². The third-order valence-corrected chi connectivity index (χ3v) is 4.34. The van der Waals surface area contributed by atoms with E-state index in [2.05, 4.69) is 20.5 Å². The van der Waals surface area contributed by atoms with Gasteiger partial charge in [0.05, 0.1) is 7.11 Å². The Kier molecular flexibility index (Phi) is 8.34. The average Bonchev–Trinajstić information content (AvgIpc) is 2.70. The minimum absolute atomic E-state index is 0.0479. The van der Waals surface area contributed by atoms with Gasteiger partial charge in [0.25, 0.3) is 0 Å². The molecule has 0 saturated carbocycles. The van der Waals surface area contributed by atoms with E-state index >= 15 is 0 Å². The zero-order chi connectivity index (χ0) is 20.4. The highest BCUT2D eigenvalue weighted by Crippen LogP contribution is 2.18. The van der Waals surface area contributed by atoms with Crippen LogP contribution in [0, 0.1) is 0 Å². The second kappa shape index (κ2) is 11.0. The molecule has 6 heteroatoms. The molecule has 0 unspecified atom stereocenters. The van der Waals surface area contributed by atoms with E-state index in [1.165, 1.54) is 0 Å². The predicted molar refractivity (Wildman–Crippen MR) is 115 cm³/mol. The molecule has 0 atom stereocenters. The van der Waals surface area contributed by atoms with Gasteiger partial charge in [0, 0.05) is 44.9 Å². The largest absolute Gasteiger partial charge is 0.496 e. The van der Waals surface area contributed by atoms with Gasteiger partial charge in [0.1, 0.15) is 5.75 Å². The minimum Gasteiger partial charge on any atom is -0.496 e. The molecule has 2 aromatic carbocycles. The monoisotopic (exact) mass is 382 g/mol. The second-order valence-electron chi connectivity index (χ2n) is 6.56. The quantitative estimate of drug-likeness (QED) is 0.540. The number of anilines is 1. The molecule has 0 saturated heterocycles. The molecule has 0 heterocycles. The van der Waals surface area contributed by atoms with E-state index in [4.69, 9.17) is 4.74 Å². The Morgan fingerprint density at radius 2 is 1.86 bits per heavy atom. The first-order valence-corrected chi connectivity index (χ1v) is 9.49. The summed E-state index contributed by atoms with van der Waals surface area (Å²) in [6.07, 6.45) is 1.38. The van der Waals surface area contributed by atoms with Crippen molar-refractivity contribution in [2.75, 3.05) is 26.5 Å². The summed E-state index contributed by atoms with van der Waals surface area (Å²) < 4.78 is 5.43. The predicted octanol–water partition coefficient (Wildman–Crippen LogP) is 3.64. The molecule has 0 aliphatic rings. The molecule has 2 N–H and O–H groups in total. The van der Waals surface area contributed by atoms with Crippen LogP contribution < -0.4 is 15.4 Å². The number of benzene rings is 2. The van der Waals surface area contributed by atoms with Crippen LogP contribution >= 0.6 is 0 Å². The normalized spacial score (nSPS) is 11.1. The van der Waals surface area contributed by atoms with Gasteiger partial charge in [-0.25, -0.2) is 0 Å².